The van der Waals surface area contributed by atoms with Crippen LogP contribution in [0.25, 0.3) is 0 Å². The van der Waals surface area contributed by atoms with Crippen molar-refractivity contribution in [3.63, 3.8) is 0 Å². The predicted molar refractivity (Wildman–Crippen MR) is 111 cm³/mol. The fourth-order valence-electron chi connectivity index (χ4n) is 3.08. The van der Waals surface area contributed by atoms with Crippen LogP contribution in [-0.2, 0) is 4.79 Å². The minimum atomic E-state index is -0.310. The molecule has 1 unspecified atom stereocenters. The maximum absolute atomic E-state index is 13.4. The smallest absolute Gasteiger partial charge is 0.244 e. The van der Waals surface area contributed by atoms with Gasteiger partial charge in [-0.15, -0.1) is 0 Å². The fourth-order valence-corrected chi connectivity index (χ4v) is 5.05. The number of carbonyl (C=O) groups excluding carboxylic acids is 1. The van der Waals surface area contributed by atoms with Crippen molar-refractivity contribution in [2.75, 3.05) is 4.90 Å². The van der Waals surface area contributed by atoms with Gasteiger partial charge < -0.3 is 0 Å². The normalized spacial score (nSPS) is 13.7. The molecule has 1 aromatic heterocycles. The second kappa shape index (κ2) is 7.37. The monoisotopic (exact) mass is 393 g/mol. The summed E-state index contributed by atoms with van der Waals surface area (Å²) in [6.45, 7) is 5.81. The maximum atomic E-state index is 13.4. The number of aromatic nitrogens is 2. The third kappa shape index (κ3) is 3.59. The van der Waals surface area contributed by atoms with Crippen LogP contribution in [0.5, 0.6) is 0 Å². The highest BCUT2D eigenvalue weighted by Gasteiger charge is 2.31. The molecule has 0 bridgehead atoms. The summed E-state index contributed by atoms with van der Waals surface area (Å²) < 4.78 is 0. The molecule has 2 aromatic carbocycles. The third-order valence-electron chi connectivity index (χ3n) is 4.24. The summed E-state index contributed by atoms with van der Waals surface area (Å²) in [6.07, 6.45) is 0. The molecule has 1 aliphatic heterocycles. The van der Waals surface area contributed by atoms with E-state index in [4.69, 9.17) is 0 Å². The Kier molecular flexibility index (Phi) is 4.93. The van der Waals surface area contributed by atoms with Gasteiger partial charge in [0.15, 0.2) is 5.16 Å². The van der Waals surface area contributed by atoms with Gasteiger partial charge in [-0.05, 0) is 51.1 Å². The number of rotatable bonds is 3. The van der Waals surface area contributed by atoms with Crippen LogP contribution in [0, 0.1) is 13.8 Å². The van der Waals surface area contributed by atoms with Crippen LogP contribution in [0.1, 0.15) is 18.3 Å². The molecule has 3 aromatic rings. The Balaban J connectivity index is 1.69. The highest BCUT2D eigenvalue weighted by molar-refractivity contribution is 8.00. The molecule has 27 heavy (non-hydrogen) atoms. The molecule has 1 atom stereocenters. The van der Waals surface area contributed by atoms with Crippen LogP contribution in [0.3, 0.4) is 0 Å². The first kappa shape index (κ1) is 18.1. The van der Waals surface area contributed by atoms with Gasteiger partial charge in [0.05, 0.1) is 16.6 Å². The molecule has 0 N–H and O–H groups in total. The first-order valence-electron chi connectivity index (χ1n) is 8.72. The number of thioether (sulfide) groups is 1. The number of nitrogens with zero attached hydrogens (tertiary/aromatic N) is 3. The first-order valence-corrected chi connectivity index (χ1v) is 10.4. The minimum Gasteiger partial charge on any atom is -0.278 e. The van der Waals surface area contributed by atoms with Crippen molar-refractivity contribution in [2.24, 2.45) is 0 Å². The average molecular weight is 394 g/mol. The standard InChI is InChI=1S/C21H19N3OS2/c1-13-12-14(2)23-21(22-13)26-15(3)20(25)24-16-8-4-6-10-18(16)27-19-11-7-5-9-17(19)24/h4-12,15H,1-3H3. The van der Waals surface area contributed by atoms with Crippen molar-refractivity contribution in [3.05, 3.63) is 66.0 Å². The summed E-state index contributed by atoms with van der Waals surface area (Å²) in [5.41, 5.74) is 3.68. The summed E-state index contributed by atoms with van der Waals surface area (Å²) in [7, 11) is 0. The van der Waals surface area contributed by atoms with Crippen molar-refractivity contribution < 1.29 is 4.79 Å². The summed E-state index contributed by atoms with van der Waals surface area (Å²) in [4.78, 5) is 26.4. The van der Waals surface area contributed by atoms with E-state index < -0.39 is 0 Å². The molecule has 0 aliphatic carbocycles. The van der Waals surface area contributed by atoms with Crippen LogP contribution >= 0.6 is 23.5 Å². The molecule has 2 heterocycles. The van der Waals surface area contributed by atoms with Gasteiger partial charge in [-0.25, -0.2) is 9.97 Å². The van der Waals surface area contributed by atoms with Crippen LogP contribution < -0.4 is 4.90 Å². The molecule has 4 rings (SSSR count). The summed E-state index contributed by atoms with van der Waals surface area (Å²) in [5.74, 6) is 0.0305. The van der Waals surface area contributed by atoms with Crippen LogP contribution in [0.15, 0.2) is 69.5 Å². The Labute approximate surface area is 167 Å². The third-order valence-corrected chi connectivity index (χ3v) is 6.32. The van der Waals surface area contributed by atoms with Gasteiger partial charge in [-0.3, -0.25) is 9.69 Å². The molecule has 6 heteroatoms. The lowest BCUT2D eigenvalue weighted by Gasteiger charge is -2.32. The lowest BCUT2D eigenvalue weighted by molar-refractivity contribution is -0.117. The fraction of sp³-hybridized carbons (Fsp3) is 0.190. The van der Waals surface area contributed by atoms with Crippen LogP contribution in [-0.4, -0.2) is 21.1 Å². The van der Waals surface area contributed by atoms with Crippen molar-refractivity contribution >= 4 is 40.8 Å². The zero-order valence-corrected chi connectivity index (χ0v) is 17.0. The van der Waals surface area contributed by atoms with Crippen molar-refractivity contribution in [1.82, 2.24) is 9.97 Å². The number of benzene rings is 2. The minimum absolute atomic E-state index is 0.0305. The molecular weight excluding hydrogens is 374 g/mol. The van der Waals surface area contributed by atoms with E-state index >= 15 is 0 Å². The van der Waals surface area contributed by atoms with Gasteiger partial charge in [0.2, 0.25) is 5.91 Å². The molecule has 0 saturated heterocycles. The molecule has 0 spiro atoms. The predicted octanol–water partition coefficient (Wildman–Crippen LogP) is 5.40. The molecule has 1 aliphatic rings. The molecule has 4 nitrogen and oxygen atoms in total. The second-order valence-electron chi connectivity index (χ2n) is 6.40. The largest absolute Gasteiger partial charge is 0.278 e. The van der Waals surface area contributed by atoms with Gasteiger partial charge in [0.1, 0.15) is 0 Å². The van der Waals surface area contributed by atoms with Gasteiger partial charge in [-0.2, -0.15) is 0 Å². The van der Waals surface area contributed by atoms with Crippen molar-refractivity contribution in [2.45, 2.75) is 41.0 Å². The molecule has 1 amide bonds. The number of carbonyl (C=O) groups is 1. The number of amides is 1. The highest BCUT2D eigenvalue weighted by atomic mass is 32.2. The van der Waals surface area contributed by atoms with Gasteiger partial charge >= 0.3 is 0 Å². The number of aryl methyl sites for hydroxylation is 2. The van der Waals surface area contributed by atoms with E-state index in [0.29, 0.717) is 5.16 Å². The van der Waals surface area contributed by atoms with E-state index in [0.717, 1.165) is 32.6 Å². The quantitative estimate of drug-likeness (QED) is 0.440. The molecule has 0 radical (unpaired) electrons. The van der Waals surface area contributed by atoms with Crippen LogP contribution in [0.4, 0.5) is 11.4 Å². The lowest BCUT2D eigenvalue weighted by atomic mass is 10.2. The first-order chi connectivity index (χ1) is 13.0. The Morgan fingerprint density at radius 2 is 1.48 bits per heavy atom. The maximum Gasteiger partial charge on any atom is 0.244 e. The van der Waals surface area contributed by atoms with E-state index in [-0.39, 0.29) is 11.2 Å². The number of hydrogen-bond donors (Lipinski definition) is 0. The van der Waals surface area contributed by atoms with Crippen molar-refractivity contribution in [3.8, 4) is 0 Å². The molecule has 136 valence electrons. The second-order valence-corrected chi connectivity index (χ2v) is 8.80. The zero-order chi connectivity index (χ0) is 19.0. The van der Waals surface area contributed by atoms with E-state index in [2.05, 4.69) is 22.1 Å². The number of hydrogen-bond acceptors (Lipinski definition) is 5. The Bertz CT molecular complexity index is 956. The molecule has 0 saturated carbocycles. The summed E-state index contributed by atoms with van der Waals surface area (Å²) in [6, 6.07) is 18.0. The summed E-state index contributed by atoms with van der Waals surface area (Å²) >= 11 is 3.10. The molecule has 0 fully saturated rings. The van der Waals surface area contributed by atoms with Gasteiger partial charge in [0, 0.05) is 21.2 Å². The Morgan fingerprint density at radius 3 is 2.04 bits per heavy atom. The van der Waals surface area contributed by atoms with Gasteiger partial charge in [0.25, 0.3) is 0 Å². The summed E-state index contributed by atoms with van der Waals surface area (Å²) in [5, 5.41) is 0.330. The SMILES string of the molecule is Cc1cc(C)nc(SC(C)C(=O)N2c3ccccc3Sc3ccccc32)n1. The zero-order valence-electron chi connectivity index (χ0n) is 15.3. The van der Waals surface area contributed by atoms with E-state index in [9.17, 15) is 4.79 Å². The van der Waals surface area contributed by atoms with E-state index in [1.165, 1.54) is 11.8 Å². The molecular formula is C21H19N3OS2. The van der Waals surface area contributed by atoms with Gasteiger partial charge in [-0.1, -0.05) is 47.8 Å². The van der Waals surface area contributed by atoms with Crippen molar-refractivity contribution in [1.29, 1.82) is 0 Å². The number of fused-ring (bicyclic) bond motifs is 2. The number of anilines is 2. The van der Waals surface area contributed by atoms with E-state index in [1.54, 1.807) is 11.8 Å². The lowest BCUT2D eigenvalue weighted by Crippen LogP contribution is -2.34. The highest BCUT2D eigenvalue weighted by Crippen LogP contribution is 2.48. The Hall–Kier alpha value is -2.31. The Morgan fingerprint density at radius 1 is 0.963 bits per heavy atom. The van der Waals surface area contributed by atoms with E-state index in [1.807, 2.05) is 68.1 Å². The number of para-hydroxylation sites is 2. The topological polar surface area (TPSA) is 46.1 Å². The average Bonchev–Trinajstić information content (AvgIpc) is 2.64. The van der Waals surface area contributed by atoms with Crippen LogP contribution in [0.2, 0.25) is 0 Å².